The predicted molar refractivity (Wildman–Crippen MR) is 72.5 cm³/mol. The van der Waals surface area contributed by atoms with Gasteiger partial charge < -0.3 is 4.74 Å². The molecule has 1 N–H and O–H groups in total. The van der Waals surface area contributed by atoms with Crippen LogP contribution in [0, 0.1) is 0 Å². The van der Waals surface area contributed by atoms with Gasteiger partial charge in [-0.05, 0) is 30.0 Å². The maximum Gasteiger partial charge on any atom is 0.234 e. The second-order valence-electron chi connectivity index (χ2n) is 4.43. The van der Waals surface area contributed by atoms with E-state index in [2.05, 4.69) is 24.5 Å². The number of nitrogens with zero attached hydrogens (tertiary/aromatic N) is 1. The SMILES string of the molecule is CCc1ccc(OC)c(CCC(=O)NN(C)C)c1. The Morgan fingerprint density at radius 3 is 2.67 bits per heavy atom. The van der Waals surface area contributed by atoms with E-state index in [1.54, 1.807) is 26.2 Å². The fourth-order valence-corrected chi connectivity index (χ4v) is 1.80. The van der Waals surface area contributed by atoms with E-state index in [9.17, 15) is 4.79 Å². The summed E-state index contributed by atoms with van der Waals surface area (Å²) >= 11 is 0. The quantitative estimate of drug-likeness (QED) is 0.783. The molecule has 0 aliphatic heterocycles. The molecule has 0 aliphatic rings. The molecular weight excluding hydrogens is 228 g/mol. The predicted octanol–water partition coefficient (Wildman–Crippen LogP) is 1.78. The molecule has 0 aromatic heterocycles. The molecule has 1 aromatic rings. The maximum absolute atomic E-state index is 11.6. The number of hydrogen-bond acceptors (Lipinski definition) is 3. The highest BCUT2D eigenvalue weighted by molar-refractivity contribution is 5.75. The van der Waals surface area contributed by atoms with Gasteiger partial charge in [-0.15, -0.1) is 0 Å². The molecule has 0 atom stereocenters. The lowest BCUT2D eigenvalue weighted by Crippen LogP contribution is -2.36. The number of carbonyl (C=O) groups excluding carboxylic acids is 1. The number of carbonyl (C=O) groups is 1. The molecule has 0 radical (unpaired) electrons. The highest BCUT2D eigenvalue weighted by atomic mass is 16.5. The zero-order chi connectivity index (χ0) is 13.5. The minimum atomic E-state index is 0.0176. The van der Waals surface area contributed by atoms with E-state index < -0.39 is 0 Å². The number of hydrogen-bond donors (Lipinski definition) is 1. The van der Waals surface area contributed by atoms with E-state index in [4.69, 9.17) is 4.74 Å². The molecule has 100 valence electrons. The van der Waals surface area contributed by atoms with Crippen LogP contribution in [-0.4, -0.2) is 32.1 Å². The smallest absolute Gasteiger partial charge is 0.234 e. The summed E-state index contributed by atoms with van der Waals surface area (Å²) < 4.78 is 5.32. The number of methoxy groups -OCH3 is 1. The number of rotatable bonds is 6. The minimum Gasteiger partial charge on any atom is -0.496 e. The Labute approximate surface area is 109 Å². The van der Waals surface area contributed by atoms with Gasteiger partial charge in [0.2, 0.25) is 5.91 Å². The molecule has 0 aliphatic carbocycles. The number of hydrazine groups is 1. The van der Waals surface area contributed by atoms with Crippen LogP contribution in [0.3, 0.4) is 0 Å². The van der Waals surface area contributed by atoms with Crippen LogP contribution >= 0.6 is 0 Å². The molecule has 0 fully saturated rings. The van der Waals surface area contributed by atoms with E-state index in [-0.39, 0.29) is 5.91 Å². The molecule has 4 nitrogen and oxygen atoms in total. The number of benzene rings is 1. The van der Waals surface area contributed by atoms with Crippen molar-refractivity contribution in [3.05, 3.63) is 29.3 Å². The van der Waals surface area contributed by atoms with Gasteiger partial charge in [0, 0.05) is 20.5 Å². The molecule has 0 bridgehead atoms. The van der Waals surface area contributed by atoms with Crippen LogP contribution in [0.5, 0.6) is 5.75 Å². The van der Waals surface area contributed by atoms with Gasteiger partial charge >= 0.3 is 0 Å². The Kier molecular flexibility index (Phi) is 5.65. The molecule has 1 amide bonds. The van der Waals surface area contributed by atoms with Crippen molar-refractivity contribution in [2.75, 3.05) is 21.2 Å². The van der Waals surface area contributed by atoms with E-state index >= 15 is 0 Å². The minimum absolute atomic E-state index is 0.0176. The first-order valence-electron chi connectivity index (χ1n) is 6.19. The maximum atomic E-state index is 11.6. The Morgan fingerprint density at radius 2 is 2.11 bits per heavy atom. The summed E-state index contributed by atoms with van der Waals surface area (Å²) in [5.74, 6) is 0.869. The third-order valence-corrected chi connectivity index (χ3v) is 2.72. The second kappa shape index (κ2) is 7.01. The fraction of sp³-hybridized carbons (Fsp3) is 0.500. The number of aryl methyl sites for hydroxylation is 2. The number of amides is 1. The number of nitrogens with one attached hydrogen (secondary N) is 1. The summed E-state index contributed by atoms with van der Waals surface area (Å²) in [6.45, 7) is 2.12. The molecule has 0 unspecified atom stereocenters. The van der Waals surface area contributed by atoms with Crippen molar-refractivity contribution in [3.8, 4) is 5.75 Å². The fourth-order valence-electron chi connectivity index (χ4n) is 1.80. The van der Waals surface area contributed by atoms with Crippen molar-refractivity contribution in [2.24, 2.45) is 0 Å². The van der Waals surface area contributed by atoms with Gasteiger partial charge in [0.25, 0.3) is 0 Å². The van der Waals surface area contributed by atoms with E-state index in [0.29, 0.717) is 12.8 Å². The lowest BCUT2D eigenvalue weighted by atomic mass is 10.0. The Balaban J connectivity index is 2.67. The van der Waals surface area contributed by atoms with Crippen LogP contribution in [0.15, 0.2) is 18.2 Å². The van der Waals surface area contributed by atoms with E-state index in [1.807, 2.05) is 6.07 Å². The van der Waals surface area contributed by atoms with Crippen LogP contribution in [0.2, 0.25) is 0 Å². The summed E-state index contributed by atoms with van der Waals surface area (Å²) in [6.07, 6.45) is 2.14. The van der Waals surface area contributed by atoms with Gasteiger partial charge in [-0.25, -0.2) is 5.01 Å². The molecule has 1 aromatic carbocycles. The Bertz CT molecular complexity index is 403. The van der Waals surface area contributed by atoms with Crippen molar-refractivity contribution < 1.29 is 9.53 Å². The van der Waals surface area contributed by atoms with Gasteiger partial charge in [-0.3, -0.25) is 10.2 Å². The standard InChI is InChI=1S/C14H22N2O2/c1-5-11-6-8-13(18-4)12(10-11)7-9-14(17)15-16(2)3/h6,8,10H,5,7,9H2,1-4H3,(H,15,17). The first-order valence-corrected chi connectivity index (χ1v) is 6.19. The monoisotopic (exact) mass is 250 g/mol. The summed E-state index contributed by atoms with van der Waals surface area (Å²) in [4.78, 5) is 11.6. The van der Waals surface area contributed by atoms with Crippen molar-refractivity contribution >= 4 is 5.91 Å². The second-order valence-corrected chi connectivity index (χ2v) is 4.43. The molecule has 0 heterocycles. The average Bonchev–Trinajstić information content (AvgIpc) is 2.35. The number of ether oxygens (including phenoxy) is 1. The van der Waals surface area contributed by atoms with Crippen molar-refractivity contribution in [1.29, 1.82) is 0 Å². The van der Waals surface area contributed by atoms with Crippen molar-refractivity contribution in [2.45, 2.75) is 26.2 Å². The van der Waals surface area contributed by atoms with Gasteiger partial charge in [0.15, 0.2) is 0 Å². The first kappa shape index (κ1) is 14.5. The van der Waals surface area contributed by atoms with Crippen LogP contribution in [0.4, 0.5) is 0 Å². The summed E-state index contributed by atoms with van der Waals surface area (Å²) in [5.41, 5.74) is 5.08. The third-order valence-electron chi connectivity index (χ3n) is 2.72. The summed E-state index contributed by atoms with van der Waals surface area (Å²) in [5, 5.41) is 1.65. The highest BCUT2D eigenvalue weighted by Gasteiger charge is 2.08. The average molecular weight is 250 g/mol. The van der Waals surface area contributed by atoms with Crippen LogP contribution in [0.25, 0.3) is 0 Å². The Morgan fingerprint density at radius 1 is 1.39 bits per heavy atom. The van der Waals surface area contributed by atoms with Crippen LogP contribution in [-0.2, 0) is 17.6 Å². The first-order chi connectivity index (χ1) is 8.56. The highest BCUT2D eigenvalue weighted by Crippen LogP contribution is 2.21. The molecule has 4 heteroatoms. The molecule has 0 saturated heterocycles. The summed E-state index contributed by atoms with van der Waals surface area (Å²) in [7, 11) is 5.26. The van der Waals surface area contributed by atoms with Gasteiger partial charge in [0.05, 0.1) is 7.11 Å². The normalized spacial score (nSPS) is 10.5. The van der Waals surface area contributed by atoms with E-state index in [0.717, 1.165) is 17.7 Å². The zero-order valence-electron chi connectivity index (χ0n) is 11.6. The van der Waals surface area contributed by atoms with Crippen molar-refractivity contribution in [3.63, 3.8) is 0 Å². The lowest BCUT2D eigenvalue weighted by molar-refractivity contribution is -0.124. The summed E-state index contributed by atoms with van der Waals surface area (Å²) in [6, 6.07) is 6.14. The zero-order valence-corrected chi connectivity index (χ0v) is 11.6. The van der Waals surface area contributed by atoms with Crippen molar-refractivity contribution in [1.82, 2.24) is 10.4 Å². The van der Waals surface area contributed by atoms with E-state index in [1.165, 1.54) is 5.56 Å². The molecule has 1 rings (SSSR count). The third kappa shape index (κ3) is 4.37. The van der Waals surface area contributed by atoms with Crippen LogP contribution in [0.1, 0.15) is 24.5 Å². The van der Waals surface area contributed by atoms with Crippen LogP contribution < -0.4 is 10.2 Å². The van der Waals surface area contributed by atoms with Gasteiger partial charge in [-0.2, -0.15) is 0 Å². The molecule has 0 spiro atoms. The lowest BCUT2D eigenvalue weighted by Gasteiger charge is -2.13. The van der Waals surface area contributed by atoms with Gasteiger partial charge in [0.1, 0.15) is 5.75 Å². The van der Waals surface area contributed by atoms with Gasteiger partial charge in [-0.1, -0.05) is 19.1 Å². The Hall–Kier alpha value is -1.55. The largest absolute Gasteiger partial charge is 0.496 e. The topological polar surface area (TPSA) is 41.6 Å². The molecular formula is C14H22N2O2. The molecule has 0 saturated carbocycles. The molecule has 18 heavy (non-hydrogen) atoms.